The molecule has 0 unspecified atom stereocenters. The van der Waals surface area contributed by atoms with E-state index in [1.807, 2.05) is 0 Å². The van der Waals surface area contributed by atoms with Crippen LogP contribution in [0.25, 0.3) is 0 Å². The number of nitrogens with one attached hydrogen (secondary N) is 1. The van der Waals surface area contributed by atoms with E-state index < -0.39 is 0 Å². The van der Waals surface area contributed by atoms with Crippen LogP contribution >= 0.6 is 0 Å². The van der Waals surface area contributed by atoms with Gasteiger partial charge in [-0.3, -0.25) is 4.79 Å². The third kappa shape index (κ3) is 4.06. The summed E-state index contributed by atoms with van der Waals surface area (Å²) in [4.78, 5) is 13.3. The van der Waals surface area contributed by atoms with Gasteiger partial charge in [0.25, 0.3) is 0 Å². The van der Waals surface area contributed by atoms with Gasteiger partial charge in [0.1, 0.15) is 0 Å². The topological polar surface area (TPSA) is 32.3 Å². The Bertz CT molecular complexity index is 421. The lowest BCUT2D eigenvalue weighted by Gasteiger charge is -2.36. The summed E-state index contributed by atoms with van der Waals surface area (Å²) in [5.74, 6) is 0.773. The first-order chi connectivity index (χ1) is 9.04. The third-order valence-corrected chi connectivity index (χ3v) is 3.83. The fraction of sp³-hybridized carbons (Fsp3) is 0.562. The van der Waals surface area contributed by atoms with E-state index in [0.29, 0.717) is 0 Å². The second-order valence-corrected chi connectivity index (χ2v) is 5.80. The number of hydrogen-bond acceptors (Lipinski definition) is 2. The zero-order valence-corrected chi connectivity index (χ0v) is 12.1. The van der Waals surface area contributed by atoms with Crippen LogP contribution in [0.2, 0.25) is 0 Å². The second-order valence-electron chi connectivity index (χ2n) is 5.80. The molecule has 104 valence electrons. The zero-order chi connectivity index (χ0) is 13.8. The van der Waals surface area contributed by atoms with Crippen molar-refractivity contribution in [1.29, 1.82) is 0 Å². The van der Waals surface area contributed by atoms with Crippen molar-refractivity contribution in [3.8, 4) is 0 Å². The maximum Gasteiger partial charge on any atom is 0.217 e. The first-order valence-electron chi connectivity index (χ1n) is 7.09. The standard InChI is InChI=1S/C16H24N2O/c1-12(17-13(2)19)4-5-14-6-8-15(9-7-14)16-10-18(3)11-16/h6-9,12,16H,4-5,10-11H2,1-3H3,(H,17,19)/t12-/m1/s1. The second kappa shape index (κ2) is 6.20. The Morgan fingerprint density at radius 1 is 1.37 bits per heavy atom. The fourth-order valence-electron chi connectivity index (χ4n) is 2.67. The van der Waals surface area contributed by atoms with Gasteiger partial charge < -0.3 is 10.2 Å². The Kier molecular flexibility index (Phi) is 4.59. The summed E-state index contributed by atoms with van der Waals surface area (Å²) in [5, 5.41) is 2.92. The Morgan fingerprint density at radius 3 is 2.53 bits per heavy atom. The molecular formula is C16H24N2O. The average Bonchev–Trinajstić information content (AvgIpc) is 2.32. The van der Waals surface area contributed by atoms with Gasteiger partial charge in [0.05, 0.1) is 0 Å². The molecule has 1 heterocycles. The highest BCUT2D eigenvalue weighted by molar-refractivity contribution is 5.73. The first-order valence-corrected chi connectivity index (χ1v) is 7.09. The van der Waals surface area contributed by atoms with Gasteiger partial charge in [-0.1, -0.05) is 24.3 Å². The summed E-state index contributed by atoms with van der Waals surface area (Å²) in [6.07, 6.45) is 2.01. The minimum Gasteiger partial charge on any atom is -0.354 e. The molecule has 0 saturated carbocycles. The Labute approximate surface area is 116 Å². The van der Waals surface area contributed by atoms with Crippen LogP contribution in [0.15, 0.2) is 24.3 Å². The Balaban J connectivity index is 1.80. The Hall–Kier alpha value is -1.35. The van der Waals surface area contributed by atoms with Crippen molar-refractivity contribution in [3.05, 3.63) is 35.4 Å². The molecule has 0 spiro atoms. The molecule has 0 radical (unpaired) electrons. The molecule has 1 amide bonds. The number of carbonyl (C=O) groups is 1. The number of hydrogen-bond donors (Lipinski definition) is 1. The molecule has 1 saturated heterocycles. The summed E-state index contributed by atoms with van der Waals surface area (Å²) < 4.78 is 0. The maximum atomic E-state index is 10.9. The molecule has 1 aliphatic heterocycles. The van der Waals surface area contributed by atoms with E-state index in [-0.39, 0.29) is 11.9 Å². The highest BCUT2D eigenvalue weighted by Gasteiger charge is 2.24. The normalized spacial score (nSPS) is 17.8. The molecule has 1 N–H and O–H groups in total. The number of carbonyl (C=O) groups excluding carboxylic acids is 1. The summed E-state index contributed by atoms with van der Waals surface area (Å²) >= 11 is 0. The van der Waals surface area contributed by atoms with Gasteiger partial charge >= 0.3 is 0 Å². The van der Waals surface area contributed by atoms with Crippen molar-refractivity contribution in [2.45, 2.75) is 38.6 Å². The van der Waals surface area contributed by atoms with Gasteiger partial charge in [-0.05, 0) is 37.9 Å². The maximum absolute atomic E-state index is 10.9. The molecule has 1 atom stereocenters. The highest BCUT2D eigenvalue weighted by atomic mass is 16.1. The Morgan fingerprint density at radius 2 is 2.00 bits per heavy atom. The van der Waals surface area contributed by atoms with E-state index in [1.165, 1.54) is 24.2 Å². The summed E-state index contributed by atoms with van der Waals surface area (Å²) in [7, 11) is 2.16. The molecule has 0 aromatic heterocycles. The summed E-state index contributed by atoms with van der Waals surface area (Å²) in [6, 6.07) is 9.23. The summed E-state index contributed by atoms with van der Waals surface area (Å²) in [6.45, 7) is 5.98. The van der Waals surface area contributed by atoms with Crippen molar-refractivity contribution in [3.63, 3.8) is 0 Å². The van der Waals surface area contributed by atoms with E-state index in [1.54, 1.807) is 6.92 Å². The van der Waals surface area contributed by atoms with Gasteiger partial charge in [0.15, 0.2) is 0 Å². The van der Waals surface area contributed by atoms with Crippen LogP contribution in [-0.2, 0) is 11.2 Å². The summed E-state index contributed by atoms with van der Waals surface area (Å²) in [5.41, 5.74) is 2.81. The molecule has 1 aliphatic rings. The lowest BCUT2D eigenvalue weighted by atomic mass is 9.91. The van der Waals surface area contributed by atoms with Crippen molar-refractivity contribution in [2.75, 3.05) is 20.1 Å². The van der Waals surface area contributed by atoms with Gasteiger partial charge in [0.2, 0.25) is 5.91 Å². The molecule has 3 heteroatoms. The number of likely N-dealkylation sites (tertiary alicyclic amines) is 1. The van der Waals surface area contributed by atoms with Crippen LogP contribution in [0.3, 0.4) is 0 Å². The van der Waals surface area contributed by atoms with Gasteiger partial charge in [-0.2, -0.15) is 0 Å². The van der Waals surface area contributed by atoms with Gasteiger partial charge in [-0.15, -0.1) is 0 Å². The molecule has 19 heavy (non-hydrogen) atoms. The fourth-order valence-corrected chi connectivity index (χ4v) is 2.67. The number of rotatable bonds is 5. The largest absolute Gasteiger partial charge is 0.354 e. The van der Waals surface area contributed by atoms with E-state index in [4.69, 9.17) is 0 Å². The predicted octanol–water partition coefficient (Wildman–Crippen LogP) is 2.17. The quantitative estimate of drug-likeness (QED) is 0.880. The first kappa shape index (κ1) is 14.1. The predicted molar refractivity (Wildman–Crippen MR) is 78.3 cm³/mol. The van der Waals surface area contributed by atoms with Gasteiger partial charge in [-0.25, -0.2) is 0 Å². The van der Waals surface area contributed by atoms with Crippen LogP contribution in [0.1, 0.15) is 37.3 Å². The zero-order valence-electron chi connectivity index (χ0n) is 12.1. The molecule has 2 rings (SSSR count). The van der Waals surface area contributed by atoms with E-state index >= 15 is 0 Å². The molecule has 0 bridgehead atoms. The minimum atomic E-state index is 0.0527. The molecule has 1 aromatic rings. The SMILES string of the molecule is CC(=O)N[C@H](C)CCc1ccc(C2CN(C)C2)cc1. The third-order valence-electron chi connectivity index (χ3n) is 3.83. The van der Waals surface area contributed by atoms with Crippen LogP contribution in [0.5, 0.6) is 0 Å². The number of benzene rings is 1. The monoisotopic (exact) mass is 260 g/mol. The molecule has 3 nitrogen and oxygen atoms in total. The average molecular weight is 260 g/mol. The van der Waals surface area contributed by atoms with Crippen LogP contribution in [-0.4, -0.2) is 37.0 Å². The van der Waals surface area contributed by atoms with Gasteiger partial charge in [0, 0.05) is 32.0 Å². The van der Waals surface area contributed by atoms with Crippen molar-refractivity contribution in [1.82, 2.24) is 10.2 Å². The molecule has 0 aliphatic carbocycles. The number of nitrogens with zero attached hydrogens (tertiary/aromatic N) is 1. The number of amides is 1. The highest BCUT2D eigenvalue weighted by Crippen LogP contribution is 2.25. The lowest BCUT2D eigenvalue weighted by molar-refractivity contribution is -0.119. The van der Waals surface area contributed by atoms with Crippen molar-refractivity contribution in [2.24, 2.45) is 0 Å². The van der Waals surface area contributed by atoms with E-state index in [9.17, 15) is 4.79 Å². The van der Waals surface area contributed by atoms with Crippen molar-refractivity contribution >= 4 is 5.91 Å². The van der Waals surface area contributed by atoms with E-state index in [0.717, 1.165) is 18.8 Å². The number of aryl methyl sites for hydroxylation is 1. The van der Waals surface area contributed by atoms with Crippen LogP contribution in [0.4, 0.5) is 0 Å². The molecular weight excluding hydrogens is 236 g/mol. The number of likely N-dealkylation sites (N-methyl/N-ethyl adjacent to an activating group) is 1. The smallest absolute Gasteiger partial charge is 0.217 e. The van der Waals surface area contributed by atoms with Crippen LogP contribution in [0, 0.1) is 0 Å². The molecule has 1 fully saturated rings. The lowest BCUT2D eigenvalue weighted by Crippen LogP contribution is -2.41. The van der Waals surface area contributed by atoms with Crippen molar-refractivity contribution < 1.29 is 4.79 Å². The van der Waals surface area contributed by atoms with E-state index in [2.05, 4.69) is 48.5 Å². The van der Waals surface area contributed by atoms with Crippen LogP contribution < -0.4 is 5.32 Å². The molecule has 1 aromatic carbocycles. The minimum absolute atomic E-state index is 0.0527.